The Bertz CT molecular complexity index is 528. The smallest absolute Gasteiger partial charge is 0.152 e. The number of aryl methyl sites for hydroxylation is 1. The van der Waals surface area contributed by atoms with Crippen LogP contribution in [0.15, 0.2) is 24.3 Å². The van der Waals surface area contributed by atoms with E-state index in [2.05, 4.69) is 10.6 Å². The number of carbonyl (C=O) groups is 1. The molecule has 3 heteroatoms. The second kappa shape index (κ2) is 5.15. The molecule has 2 aromatic rings. The molecule has 0 aliphatic rings. The first-order chi connectivity index (χ1) is 8.29. The quantitative estimate of drug-likeness (QED) is 0.585. The third-order valence-electron chi connectivity index (χ3n) is 3.13. The van der Waals surface area contributed by atoms with Crippen LogP contribution >= 0.6 is 0 Å². The lowest BCUT2D eigenvalue weighted by molar-refractivity contribution is 0.112. The van der Waals surface area contributed by atoms with Gasteiger partial charge in [-0.15, -0.1) is 0 Å². The topological polar surface area (TPSA) is 31.2 Å². The lowest BCUT2D eigenvalue weighted by atomic mass is 10.1. The zero-order valence-electron chi connectivity index (χ0n) is 10.3. The molecule has 0 fully saturated rings. The van der Waals surface area contributed by atoms with E-state index < -0.39 is 0 Å². The number of methoxy groups -OCH3 is 1. The summed E-state index contributed by atoms with van der Waals surface area (Å²) in [5, 5.41) is 1.04. The highest BCUT2D eigenvalue weighted by Crippen LogP contribution is 2.24. The van der Waals surface area contributed by atoms with Gasteiger partial charge in [0.05, 0.1) is 0 Å². The zero-order chi connectivity index (χ0) is 12.3. The van der Waals surface area contributed by atoms with E-state index in [1.165, 1.54) is 0 Å². The van der Waals surface area contributed by atoms with Crippen molar-refractivity contribution in [3.8, 4) is 0 Å². The Hall–Kier alpha value is -1.61. The van der Waals surface area contributed by atoms with Crippen molar-refractivity contribution in [3.05, 3.63) is 35.5 Å². The predicted molar refractivity (Wildman–Crippen MR) is 68.6 cm³/mol. The molecular formula is C14H17NO2. The van der Waals surface area contributed by atoms with E-state index >= 15 is 0 Å². The highest BCUT2D eigenvalue weighted by Gasteiger charge is 2.12. The lowest BCUT2D eigenvalue weighted by Crippen LogP contribution is -2.03. The summed E-state index contributed by atoms with van der Waals surface area (Å²) >= 11 is 0. The van der Waals surface area contributed by atoms with E-state index in [-0.39, 0.29) is 0 Å². The van der Waals surface area contributed by atoms with Crippen LogP contribution in [0.5, 0.6) is 0 Å². The Morgan fingerprint density at radius 3 is 2.82 bits per heavy atom. The van der Waals surface area contributed by atoms with Gasteiger partial charge in [0, 0.05) is 42.4 Å². The van der Waals surface area contributed by atoms with Crippen LogP contribution in [0, 0.1) is 6.92 Å². The molecule has 1 heterocycles. The van der Waals surface area contributed by atoms with Crippen molar-refractivity contribution in [1.29, 1.82) is 0 Å². The number of carbonyl (C=O) groups excluding carboxylic acids is 1. The number of aromatic nitrogens is 1. The van der Waals surface area contributed by atoms with Gasteiger partial charge in [-0.05, 0) is 19.4 Å². The van der Waals surface area contributed by atoms with Crippen molar-refractivity contribution in [3.63, 3.8) is 0 Å². The highest BCUT2D eigenvalue weighted by molar-refractivity contribution is 5.99. The molecule has 0 unspecified atom stereocenters. The van der Waals surface area contributed by atoms with E-state index in [4.69, 9.17) is 4.74 Å². The van der Waals surface area contributed by atoms with Crippen LogP contribution in [-0.2, 0) is 11.3 Å². The SMILES string of the molecule is COCCCn1c(C)c(C=O)c2ccccc21. The van der Waals surface area contributed by atoms with Crippen molar-refractivity contribution in [2.75, 3.05) is 13.7 Å². The molecule has 0 amide bonds. The molecule has 0 N–H and O–H groups in total. The van der Waals surface area contributed by atoms with Crippen LogP contribution in [0.25, 0.3) is 10.9 Å². The molecule has 0 spiro atoms. The standard InChI is InChI=1S/C14H17NO2/c1-11-13(10-16)12-6-3-4-7-14(12)15(11)8-5-9-17-2/h3-4,6-7,10H,5,8-9H2,1-2H3. The Morgan fingerprint density at radius 1 is 1.35 bits per heavy atom. The minimum absolute atomic E-state index is 0.738. The van der Waals surface area contributed by atoms with Crippen molar-refractivity contribution in [2.24, 2.45) is 0 Å². The summed E-state index contributed by atoms with van der Waals surface area (Å²) in [6, 6.07) is 8.03. The van der Waals surface area contributed by atoms with Gasteiger partial charge in [-0.25, -0.2) is 0 Å². The molecular weight excluding hydrogens is 214 g/mol. The first-order valence-electron chi connectivity index (χ1n) is 5.81. The monoisotopic (exact) mass is 231 g/mol. The third kappa shape index (κ3) is 2.11. The fourth-order valence-electron chi connectivity index (χ4n) is 2.26. The van der Waals surface area contributed by atoms with Gasteiger partial charge in [0.1, 0.15) is 0 Å². The summed E-state index contributed by atoms with van der Waals surface area (Å²) in [5.41, 5.74) is 2.97. The minimum Gasteiger partial charge on any atom is -0.385 e. The Morgan fingerprint density at radius 2 is 2.12 bits per heavy atom. The van der Waals surface area contributed by atoms with Crippen LogP contribution < -0.4 is 0 Å². The predicted octanol–water partition coefficient (Wildman–Crippen LogP) is 2.80. The molecule has 90 valence electrons. The third-order valence-corrected chi connectivity index (χ3v) is 3.13. The number of para-hydroxylation sites is 1. The molecule has 0 saturated heterocycles. The van der Waals surface area contributed by atoms with Crippen molar-refractivity contribution >= 4 is 17.2 Å². The fraction of sp³-hybridized carbons (Fsp3) is 0.357. The van der Waals surface area contributed by atoms with Gasteiger partial charge >= 0.3 is 0 Å². The summed E-state index contributed by atoms with van der Waals surface area (Å²) in [4.78, 5) is 11.1. The second-order valence-corrected chi connectivity index (χ2v) is 4.13. The first kappa shape index (κ1) is 11.9. The van der Waals surface area contributed by atoms with Crippen LogP contribution in [-0.4, -0.2) is 24.6 Å². The van der Waals surface area contributed by atoms with Gasteiger partial charge in [0.2, 0.25) is 0 Å². The number of fused-ring (bicyclic) bond motifs is 1. The second-order valence-electron chi connectivity index (χ2n) is 4.13. The van der Waals surface area contributed by atoms with Gasteiger partial charge in [-0.1, -0.05) is 18.2 Å². The molecule has 0 saturated carbocycles. The molecule has 3 nitrogen and oxygen atoms in total. The van der Waals surface area contributed by atoms with E-state index in [9.17, 15) is 4.79 Å². The van der Waals surface area contributed by atoms with E-state index in [1.54, 1.807) is 7.11 Å². The average Bonchev–Trinajstić information content (AvgIpc) is 2.62. The Kier molecular flexibility index (Phi) is 3.59. The van der Waals surface area contributed by atoms with E-state index in [1.807, 2.05) is 25.1 Å². The molecule has 1 aromatic heterocycles. The molecule has 0 aliphatic carbocycles. The van der Waals surface area contributed by atoms with Crippen molar-refractivity contribution in [2.45, 2.75) is 19.9 Å². The number of aldehydes is 1. The minimum atomic E-state index is 0.738. The lowest BCUT2D eigenvalue weighted by Gasteiger charge is -2.07. The molecule has 0 atom stereocenters. The van der Waals surface area contributed by atoms with Gasteiger partial charge in [-0.2, -0.15) is 0 Å². The molecule has 0 aliphatic heterocycles. The van der Waals surface area contributed by atoms with Crippen LogP contribution in [0.1, 0.15) is 22.5 Å². The number of nitrogens with zero attached hydrogens (tertiary/aromatic N) is 1. The Labute approximate surface area is 101 Å². The number of benzene rings is 1. The average molecular weight is 231 g/mol. The van der Waals surface area contributed by atoms with E-state index in [0.717, 1.165) is 48.0 Å². The summed E-state index contributed by atoms with van der Waals surface area (Å²) in [7, 11) is 1.71. The van der Waals surface area contributed by atoms with Gasteiger partial charge in [0.25, 0.3) is 0 Å². The molecule has 0 radical (unpaired) electrons. The number of rotatable bonds is 5. The number of ether oxygens (including phenoxy) is 1. The van der Waals surface area contributed by atoms with Gasteiger partial charge in [-0.3, -0.25) is 4.79 Å². The van der Waals surface area contributed by atoms with Crippen molar-refractivity contribution in [1.82, 2.24) is 4.57 Å². The molecule has 0 bridgehead atoms. The van der Waals surface area contributed by atoms with Crippen LogP contribution in [0.3, 0.4) is 0 Å². The summed E-state index contributed by atoms with van der Waals surface area (Å²) in [6.07, 6.45) is 1.90. The van der Waals surface area contributed by atoms with Gasteiger partial charge in [0.15, 0.2) is 6.29 Å². The molecule has 1 aromatic carbocycles. The van der Waals surface area contributed by atoms with E-state index in [0.29, 0.717) is 0 Å². The summed E-state index contributed by atoms with van der Waals surface area (Å²) < 4.78 is 7.26. The summed E-state index contributed by atoms with van der Waals surface area (Å²) in [6.45, 7) is 3.62. The summed E-state index contributed by atoms with van der Waals surface area (Å²) in [5.74, 6) is 0. The van der Waals surface area contributed by atoms with Crippen molar-refractivity contribution < 1.29 is 9.53 Å². The maximum atomic E-state index is 11.1. The fourth-order valence-corrected chi connectivity index (χ4v) is 2.26. The Balaban J connectivity index is 2.46. The first-order valence-corrected chi connectivity index (χ1v) is 5.81. The highest BCUT2D eigenvalue weighted by atomic mass is 16.5. The zero-order valence-corrected chi connectivity index (χ0v) is 10.3. The molecule has 17 heavy (non-hydrogen) atoms. The number of hydrogen-bond acceptors (Lipinski definition) is 2. The molecule has 2 rings (SSSR count). The maximum absolute atomic E-state index is 11.1. The number of hydrogen-bond donors (Lipinski definition) is 0. The maximum Gasteiger partial charge on any atom is 0.152 e. The largest absolute Gasteiger partial charge is 0.385 e. The van der Waals surface area contributed by atoms with Crippen LogP contribution in [0.4, 0.5) is 0 Å². The van der Waals surface area contributed by atoms with Crippen LogP contribution in [0.2, 0.25) is 0 Å². The normalized spacial score (nSPS) is 10.9. The van der Waals surface area contributed by atoms with Gasteiger partial charge < -0.3 is 9.30 Å².